The van der Waals surface area contributed by atoms with Gasteiger partial charge in [-0.15, -0.1) is 0 Å². The molecule has 2 atom stereocenters. The van der Waals surface area contributed by atoms with Crippen molar-refractivity contribution in [3.05, 3.63) is 29.8 Å². The minimum Gasteiger partial charge on any atom is -0.494 e. The van der Waals surface area contributed by atoms with Gasteiger partial charge in [-0.1, -0.05) is 39.0 Å². The molecule has 1 aliphatic carbocycles. The number of hydrogen-bond donors (Lipinski definition) is 2. The summed E-state index contributed by atoms with van der Waals surface area (Å²) in [5.41, 5.74) is 5.10. The van der Waals surface area contributed by atoms with Gasteiger partial charge in [-0.2, -0.15) is 0 Å². The van der Waals surface area contributed by atoms with Crippen LogP contribution in [0.5, 0.6) is 5.75 Å². The molecule has 2 unspecified atom stereocenters. The number of nitrogens with one attached hydrogen (secondary N) is 2. The third-order valence-corrected chi connectivity index (χ3v) is 6.19. The summed E-state index contributed by atoms with van der Waals surface area (Å²) in [7, 11) is 0. The number of hydrogen-bond acceptors (Lipinski definition) is 5. The van der Waals surface area contributed by atoms with Gasteiger partial charge in [0.1, 0.15) is 5.75 Å². The second-order valence-corrected chi connectivity index (χ2v) is 8.51. The van der Waals surface area contributed by atoms with Crippen molar-refractivity contribution in [3.63, 3.8) is 0 Å². The number of ether oxygens (including phenoxy) is 1. The molecule has 0 radical (unpaired) electrons. The molecule has 1 aromatic carbocycles. The third-order valence-electron chi connectivity index (χ3n) is 6.19. The van der Waals surface area contributed by atoms with Gasteiger partial charge in [-0.25, -0.2) is 0 Å². The number of carbonyl (C=O) groups excluding carboxylic acids is 4. The first-order chi connectivity index (χ1) is 15.5. The number of nitrogens with zero attached hydrogens (tertiary/aromatic N) is 1. The summed E-state index contributed by atoms with van der Waals surface area (Å²) in [6.07, 6.45) is 7.88. The van der Waals surface area contributed by atoms with Gasteiger partial charge >= 0.3 is 0 Å². The van der Waals surface area contributed by atoms with Crippen LogP contribution in [-0.2, 0) is 14.4 Å². The quantitative estimate of drug-likeness (QED) is 0.329. The molecule has 4 amide bonds. The Morgan fingerprint density at radius 3 is 2.25 bits per heavy atom. The molecule has 1 heterocycles. The Balaban J connectivity index is 1.38. The van der Waals surface area contributed by atoms with Crippen molar-refractivity contribution >= 4 is 23.6 Å². The van der Waals surface area contributed by atoms with Gasteiger partial charge in [0.15, 0.2) is 0 Å². The summed E-state index contributed by atoms with van der Waals surface area (Å²) < 4.78 is 5.66. The van der Waals surface area contributed by atoms with Gasteiger partial charge in [0.05, 0.1) is 18.4 Å². The predicted octanol–water partition coefficient (Wildman–Crippen LogP) is 2.97. The Kier molecular flexibility index (Phi) is 8.64. The molecule has 2 aliphatic rings. The van der Waals surface area contributed by atoms with Crippen LogP contribution in [0.4, 0.5) is 0 Å². The predicted molar refractivity (Wildman–Crippen MR) is 118 cm³/mol. The van der Waals surface area contributed by atoms with Crippen molar-refractivity contribution < 1.29 is 23.9 Å². The van der Waals surface area contributed by atoms with Crippen LogP contribution in [0.3, 0.4) is 0 Å². The zero-order valence-electron chi connectivity index (χ0n) is 18.7. The second kappa shape index (κ2) is 11.6. The molecule has 1 aromatic rings. The van der Waals surface area contributed by atoms with E-state index in [1.165, 1.54) is 17.7 Å². The Morgan fingerprint density at radius 2 is 1.62 bits per heavy atom. The molecule has 1 saturated carbocycles. The molecule has 0 bridgehead atoms. The fraction of sp³-hybridized carbons (Fsp3) is 0.583. The lowest BCUT2D eigenvalue weighted by atomic mass is 9.81. The van der Waals surface area contributed by atoms with Crippen LogP contribution in [0, 0.1) is 11.8 Å². The van der Waals surface area contributed by atoms with Gasteiger partial charge < -0.3 is 4.74 Å². The van der Waals surface area contributed by atoms with E-state index in [1.807, 2.05) is 0 Å². The highest BCUT2D eigenvalue weighted by Gasteiger charge is 2.47. The average molecular weight is 444 g/mol. The fourth-order valence-electron chi connectivity index (χ4n) is 4.35. The van der Waals surface area contributed by atoms with Crippen molar-refractivity contribution in [2.45, 2.75) is 64.7 Å². The number of carbonyl (C=O) groups is 4. The largest absolute Gasteiger partial charge is 0.494 e. The van der Waals surface area contributed by atoms with Crippen LogP contribution in [0.1, 0.15) is 75.1 Å². The number of likely N-dealkylation sites (tertiary alicyclic amines) is 1. The smallest absolute Gasteiger partial charge is 0.269 e. The third kappa shape index (κ3) is 6.08. The zero-order chi connectivity index (χ0) is 22.9. The Morgan fingerprint density at radius 1 is 0.969 bits per heavy atom. The Labute approximate surface area is 189 Å². The molecule has 8 heteroatoms. The second-order valence-electron chi connectivity index (χ2n) is 8.51. The molecule has 32 heavy (non-hydrogen) atoms. The Hall–Kier alpha value is -2.90. The van der Waals surface area contributed by atoms with Crippen LogP contribution in [-0.4, -0.2) is 41.7 Å². The van der Waals surface area contributed by atoms with E-state index in [4.69, 9.17) is 4.74 Å². The standard InChI is InChI=1S/C24H33N3O5/c1-2-3-4-7-16-32-18-12-10-17(11-13-18)22(29)26-25-21(28)14-15-27-23(30)19-8-5-6-9-20(19)24(27)31/h10-13,19-20H,2-9,14-16H2,1H3,(H,25,28)(H,26,29). The lowest BCUT2D eigenvalue weighted by Gasteiger charge is -2.19. The first-order valence-electron chi connectivity index (χ1n) is 11.7. The molecular formula is C24H33N3O5. The molecule has 2 fully saturated rings. The van der Waals surface area contributed by atoms with E-state index in [2.05, 4.69) is 17.8 Å². The van der Waals surface area contributed by atoms with Gasteiger partial charge in [0, 0.05) is 18.5 Å². The summed E-state index contributed by atoms with van der Waals surface area (Å²) >= 11 is 0. The summed E-state index contributed by atoms with van der Waals surface area (Å²) in [5, 5.41) is 0. The first-order valence-corrected chi connectivity index (χ1v) is 11.7. The van der Waals surface area contributed by atoms with Crippen LogP contribution < -0.4 is 15.6 Å². The summed E-state index contributed by atoms with van der Waals surface area (Å²) in [6.45, 7) is 2.84. The topological polar surface area (TPSA) is 105 Å². The van der Waals surface area contributed by atoms with Crippen LogP contribution in [0.15, 0.2) is 24.3 Å². The van der Waals surface area contributed by atoms with Gasteiger partial charge in [-0.3, -0.25) is 34.9 Å². The monoisotopic (exact) mass is 443 g/mol. The zero-order valence-corrected chi connectivity index (χ0v) is 18.7. The minimum atomic E-state index is -0.458. The van der Waals surface area contributed by atoms with Gasteiger partial charge in [0.2, 0.25) is 17.7 Å². The van der Waals surface area contributed by atoms with Crippen LogP contribution >= 0.6 is 0 Å². The van der Waals surface area contributed by atoms with E-state index >= 15 is 0 Å². The van der Waals surface area contributed by atoms with Crippen LogP contribution in [0.25, 0.3) is 0 Å². The lowest BCUT2D eigenvalue weighted by Crippen LogP contribution is -2.43. The van der Waals surface area contributed by atoms with E-state index in [9.17, 15) is 19.2 Å². The molecule has 8 nitrogen and oxygen atoms in total. The number of amides is 4. The molecule has 174 valence electrons. The van der Waals surface area contributed by atoms with Crippen molar-refractivity contribution in [2.75, 3.05) is 13.2 Å². The van der Waals surface area contributed by atoms with Gasteiger partial charge in [0.25, 0.3) is 5.91 Å². The van der Waals surface area contributed by atoms with E-state index in [0.717, 1.165) is 38.5 Å². The van der Waals surface area contributed by atoms with Crippen molar-refractivity contribution in [2.24, 2.45) is 11.8 Å². The molecule has 1 aliphatic heterocycles. The maximum Gasteiger partial charge on any atom is 0.269 e. The molecule has 0 aromatic heterocycles. The van der Waals surface area contributed by atoms with Crippen molar-refractivity contribution in [1.82, 2.24) is 15.8 Å². The molecule has 0 spiro atoms. The fourth-order valence-corrected chi connectivity index (χ4v) is 4.35. The van der Waals surface area contributed by atoms with Crippen LogP contribution in [0.2, 0.25) is 0 Å². The number of fused-ring (bicyclic) bond motifs is 1. The SMILES string of the molecule is CCCCCCOc1ccc(C(=O)NNC(=O)CCN2C(=O)C3CCCCC3C2=O)cc1. The van der Waals surface area contributed by atoms with E-state index < -0.39 is 11.8 Å². The minimum absolute atomic E-state index is 0.0384. The molecule has 1 saturated heterocycles. The Bertz CT molecular complexity index is 799. The van der Waals surface area contributed by atoms with E-state index in [1.54, 1.807) is 24.3 Å². The van der Waals surface area contributed by atoms with E-state index in [-0.39, 0.29) is 36.6 Å². The van der Waals surface area contributed by atoms with Gasteiger partial charge in [-0.05, 0) is 43.5 Å². The number of unbranched alkanes of at least 4 members (excludes halogenated alkanes) is 3. The average Bonchev–Trinajstić information content (AvgIpc) is 3.06. The normalized spacial score (nSPS) is 20.1. The molecule has 2 N–H and O–H groups in total. The molecule has 3 rings (SSSR count). The maximum absolute atomic E-state index is 12.4. The number of hydrazine groups is 1. The number of benzene rings is 1. The first kappa shape index (κ1) is 23.8. The summed E-state index contributed by atoms with van der Waals surface area (Å²) in [5.74, 6) is -0.978. The highest BCUT2D eigenvalue weighted by Crippen LogP contribution is 2.37. The lowest BCUT2D eigenvalue weighted by molar-refractivity contribution is -0.140. The highest BCUT2D eigenvalue weighted by molar-refractivity contribution is 6.05. The summed E-state index contributed by atoms with van der Waals surface area (Å²) in [6, 6.07) is 6.71. The number of rotatable bonds is 10. The highest BCUT2D eigenvalue weighted by atomic mass is 16.5. The van der Waals surface area contributed by atoms with E-state index in [0.29, 0.717) is 17.9 Å². The number of imide groups is 1. The maximum atomic E-state index is 12.4. The van der Waals surface area contributed by atoms with Crippen molar-refractivity contribution in [3.8, 4) is 5.75 Å². The van der Waals surface area contributed by atoms with Crippen molar-refractivity contribution in [1.29, 1.82) is 0 Å². The molecular weight excluding hydrogens is 410 g/mol. The summed E-state index contributed by atoms with van der Waals surface area (Å²) in [4.78, 5) is 50.5.